The number of pyridine rings is 1. The van der Waals surface area contributed by atoms with E-state index in [1.807, 2.05) is 12.2 Å². The molecule has 0 unspecified atom stereocenters. The Hall–Kier alpha value is -3.24. The number of hydrogen-bond acceptors (Lipinski definition) is 5. The molecular weight excluding hydrogens is 562 g/mol. The Balaban J connectivity index is 1.43. The van der Waals surface area contributed by atoms with Crippen LogP contribution in [0, 0.1) is 5.82 Å². The van der Waals surface area contributed by atoms with Crippen LogP contribution in [-0.2, 0) is 29.3 Å². The van der Waals surface area contributed by atoms with Crippen LogP contribution in [0.25, 0.3) is 17.0 Å². The summed E-state index contributed by atoms with van der Waals surface area (Å²) in [5.74, 6) is -0.471. The molecule has 0 fully saturated rings. The van der Waals surface area contributed by atoms with Crippen molar-refractivity contribution in [1.82, 2.24) is 19.8 Å². The molecule has 0 saturated heterocycles. The zero-order chi connectivity index (χ0) is 27.7. The Morgan fingerprint density at radius 2 is 1.97 bits per heavy atom. The van der Waals surface area contributed by atoms with Crippen LogP contribution in [0.3, 0.4) is 0 Å². The van der Waals surface area contributed by atoms with Crippen LogP contribution in [0.5, 0.6) is 0 Å². The van der Waals surface area contributed by atoms with Gasteiger partial charge in [-0.1, -0.05) is 41.4 Å². The van der Waals surface area contributed by atoms with Crippen LogP contribution in [0.1, 0.15) is 22.4 Å². The first-order chi connectivity index (χ1) is 18.6. The molecule has 0 spiro atoms. The third-order valence-electron chi connectivity index (χ3n) is 6.68. The van der Waals surface area contributed by atoms with E-state index in [-0.39, 0.29) is 22.5 Å². The molecule has 2 aromatic heterocycles. The van der Waals surface area contributed by atoms with Gasteiger partial charge in [0.05, 0.1) is 15.4 Å². The summed E-state index contributed by atoms with van der Waals surface area (Å²) in [5, 5.41) is 4.09. The summed E-state index contributed by atoms with van der Waals surface area (Å²) < 4.78 is 40.0. The fraction of sp³-hybridized carbons (Fsp3) is 0.214. The second kappa shape index (κ2) is 11.1. The van der Waals surface area contributed by atoms with Crippen molar-refractivity contribution >= 4 is 56.0 Å². The van der Waals surface area contributed by atoms with Crippen molar-refractivity contribution < 1.29 is 17.6 Å². The van der Waals surface area contributed by atoms with Crippen molar-refractivity contribution in [3.63, 3.8) is 0 Å². The molecule has 0 aliphatic carbocycles. The van der Waals surface area contributed by atoms with Crippen LogP contribution in [0.4, 0.5) is 9.18 Å². The normalized spacial score (nSPS) is 14.2. The summed E-state index contributed by atoms with van der Waals surface area (Å²) >= 11 is 11.7. The lowest BCUT2D eigenvalue weighted by Gasteiger charge is -2.27. The maximum atomic E-state index is 13.8. The average molecular weight is 588 g/mol. The Bertz CT molecular complexity index is 1720. The van der Waals surface area contributed by atoms with Gasteiger partial charge in [-0.05, 0) is 59.2 Å². The van der Waals surface area contributed by atoms with Crippen molar-refractivity contribution in [3.05, 3.63) is 99.2 Å². The Morgan fingerprint density at radius 3 is 2.72 bits per heavy atom. The monoisotopic (exact) mass is 586 g/mol. The van der Waals surface area contributed by atoms with Gasteiger partial charge in [0, 0.05) is 56.1 Å². The summed E-state index contributed by atoms with van der Waals surface area (Å²) in [6.07, 6.45) is 7.12. The fourth-order valence-electron chi connectivity index (χ4n) is 4.78. The Labute approximate surface area is 235 Å². The molecule has 1 amide bonds. The van der Waals surface area contributed by atoms with Gasteiger partial charge in [-0.15, -0.1) is 0 Å². The van der Waals surface area contributed by atoms with Crippen molar-refractivity contribution in [2.75, 3.05) is 19.3 Å². The molecule has 1 aliphatic heterocycles. The van der Waals surface area contributed by atoms with Gasteiger partial charge in [0.2, 0.25) is 0 Å². The van der Waals surface area contributed by atoms with E-state index >= 15 is 0 Å². The van der Waals surface area contributed by atoms with E-state index in [1.54, 1.807) is 41.1 Å². The second-order valence-electron chi connectivity index (χ2n) is 9.42. The van der Waals surface area contributed by atoms with Crippen LogP contribution in [0.15, 0.2) is 65.7 Å². The minimum absolute atomic E-state index is 0.0779. The maximum Gasteiger partial charge on any atom is 0.326 e. The maximum absolute atomic E-state index is 13.8. The van der Waals surface area contributed by atoms with E-state index in [4.69, 9.17) is 23.2 Å². The van der Waals surface area contributed by atoms with Crippen molar-refractivity contribution in [1.29, 1.82) is 0 Å². The molecule has 202 valence electrons. The van der Waals surface area contributed by atoms with Gasteiger partial charge in [-0.25, -0.2) is 22.6 Å². The zero-order valence-electron chi connectivity index (χ0n) is 21.0. The van der Waals surface area contributed by atoms with Gasteiger partial charge in [-0.2, -0.15) is 0 Å². The SMILES string of the molecule is CS(=O)(=O)c1ccc2c(c1)c1c(n2C(=O)NCc2ccnc(Cl)c2)CCN(CC=Cc2ccc(Cl)c(F)c2)C1. The van der Waals surface area contributed by atoms with E-state index < -0.39 is 15.7 Å². The van der Waals surface area contributed by atoms with E-state index in [0.717, 1.165) is 22.2 Å². The van der Waals surface area contributed by atoms with Gasteiger partial charge in [0.25, 0.3) is 0 Å². The van der Waals surface area contributed by atoms with E-state index in [2.05, 4.69) is 15.2 Å². The molecule has 1 N–H and O–H groups in total. The highest BCUT2D eigenvalue weighted by Gasteiger charge is 2.27. The summed E-state index contributed by atoms with van der Waals surface area (Å²) in [6.45, 7) is 2.07. The van der Waals surface area contributed by atoms with Crippen LogP contribution in [0.2, 0.25) is 10.2 Å². The van der Waals surface area contributed by atoms with Crippen LogP contribution >= 0.6 is 23.2 Å². The number of aromatic nitrogens is 2. The topological polar surface area (TPSA) is 84.3 Å². The van der Waals surface area contributed by atoms with E-state index in [9.17, 15) is 17.6 Å². The number of nitrogens with zero attached hydrogens (tertiary/aromatic N) is 3. The number of benzene rings is 2. The van der Waals surface area contributed by atoms with E-state index in [1.165, 1.54) is 24.5 Å². The average Bonchev–Trinajstić information content (AvgIpc) is 3.22. The molecule has 7 nitrogen and oxygen atoms in total. The predicted octanol–water partition coefficient (Wildman–Crippen LogP) is 5.72. The number of carbonyl (C=O) groups is 1. The third-order valence-corrected chi connectivity index (χ3v) is 8.31. The molecule has 5 rings (SSSR count). The molecule has 1 aliphatic rings. The molecule has 0 bridgehead atoms. The van der Waals surface area contributed by atoms with Gasteiger partial charge in [0.1, 0.15) is 11.0 Å². The number of carbonyl (C=O) groups excluding carboxylic acids is 1. The number of amides is 1. The van der Waals surface area contributed by atoms with Crippen molar-refractivity contribution in [3.8, 4) is 0 Å². The Morgan fingerprint density at radius 1 is 1.15 bits per heavy atom. The summed E-state index contributed by atoms with van der Waals surface area (Å²) in [7, 11) is -3.44. The largest absolute Gasteiger partial charge is 0.333 e. The number of sulfone groups is 1. The van der Waals surface area contributed by atoms with Crippen LogP contribution in [-0.4, -0.2) is 48.2 Å². The lowest BCUT2D eigenvalue weighted by molar-refractivity contribution is 0.240. The number of rotatable bonds is 6. The van der Waals surface area contributed by atoms with Gasteiger partial charge in [-0.3, -0.25) is 9.47 Å². The zero-order valence-corrected chi connectivity index (χ0v) is 23.3. The summed E-state index contributed by atoms with van der Waals surface area (Å²) in [6, 6.07) is 12.7. The second-order valence-corrected chi connectivity index (χ2v) is 12.2. The van der Waals surface area contributed by atoms with Gasteiger partial charge >= 0.3 is 6.03 Å². The standard InChI is InChI=1S/C28H25Cl2FN4O3S/c1-39(37,38)20-5-7-25-21(15-20)22-17-34(11-2-3-18-4-6-23(29)24(31)13-18)12-9-26(22)35(25)28(36)33-16-19-8-10-32-27(30)14-19/h2-8,10,13-15H,9,11-12,16-17H2,1H3,(H,33,36). The minimum atomic E-state index is -3.44. The van der Waals surface area contributed by atoms with E-state index in [0.29, 0.717) is 42.3 Å². The summed E-state index contributed by atoms with van der Waals surface area (Å²) in [5.41, 5.74) is 3.92. The lowest BCUT2D eigenvalue weighted by atomic mass is 10.0. The molecule has 39 heavy (non-hydrogen) atoms. The minimum Gasteiger partial charge on any atom is -0.333 e. The molecular formula is C28H25Cl2FN4O3S. The number of hydrogen-bond donors (Lipinski definition) is 1. The van der Waals surface area contributed by atoms with Crippen LogP contribution < -0.4 is 5.32 Å². The first-order valence-electron chi connectivity index (χ1n) is 12.2. The number of nitrogens with one attached hydrogen (secondary N) is 1. The summed E-state index contributed by atoms with van der Waals surface area (Å²) in [4.78, 5) is 19.8. The first kappa shape index (κ1) is 27.3. The molecule has 11 heteroatoms. The highest BCUT2D eigenvalue weighted by atomic mass is 35.5. The Kier molecular flexibility index (Phi) is 7.77. The smallest absolute Gasteiger partial charge is 0.326 e. The fourth-order valence-corrected chi connectivity index (χ4v) is 5.74. The molecule has 2 aromatic carbocycles. The van der Waals surface area contributed by atoms with Crippen molar-refractivity contribution in [2.45, 2.75) is 24.4 Å². The first-order valence-corrected chi connectivity index (χ1v) is 14.8. The highest BCUT2D eigenvalue weighted by Crippen LogP contribution is 2.33. The molecule has 0 radical (unpaired) electrons. The predicted molar refractivity (Wildman–Crippen MR) is 151 cm³/mol. The highest BCUT2D eigenvalue weighted by molar-refractivity contribution is 7.90. The lowest BCUT2D eigenvalue weighted by Crippen LogP contribution is -2.34. The molecule has 4 aromatic rings. The van der Waals surface area contributed by atoms with Crippen molar-refractivity contribution in [2.24, 2.45) is 0 Å². The number of fused-ring (bicyclic) bond motifs is 3. The quantitative estimate of drug-likeness (QED) is 0.292. The molecule has 0 saturated carbocycles. The third kappa shape index (κ3) is 6.01. The van der Waals surface area contributed by atoms with Gasteiger partial charge in [0.15, 0.2) is 9.84 Å². The number of halogens is 3. The van der Waals surface area contributed by atoms with Gasteiger partial charge < -0.3 is 5.32 Å². The molecule has 0 atom stereocenters. The molecule has 3 heterocycles.